The first-order chi connectivity index (χ1) is 6.58. The molecule has 5 nitrogen and oxygen atoms in total. The predicted molar refractivity (Wildman–Crippen MR) is 59.6 cm³/mol. The molecule has 0 amide bonds. The molecule has 0 fully saturated rings. The maximum Gasteiger partial charge on any atom is 0.264 e. The van der Waals surface area contributed by atoms with Crippen LogP contribution in [-0.2, 0) is 10.1 Å². The molecule has 1 aromatic carbocycles. The first-order valence-electron chi connectivity index (χ1n) is 4.32. The first-order valence-corrected chi connectivity index (χ1v) is 5.93. The molecule has 1 rings (SSSR count). The van der Waals surface area contributed by atoms with Crippen molar-refractivity contribution in [3.63, 3.8) is 0 Å². The highest BCUT2D eigenvalue weighted by Gasteiger charge is 2.02. The highest BCUT2D eigenvalue weighted by molar-refractivity contribution is 7.85. The van der Waals surface area contributed by atoms with Crippen molar-refractivity contribution in [2.45, 2.75) is 6.42 Å². The zero-order chi connectivity index (χ0) is 10.4. The summed E-state index contributed by atoms with van der Waals surface area (Å²) in [5, 5.41) is 3.04. The summed E-state index contributed by atoms with van der Waals surface area (Å²) >= 11 is 0. The van der Waals surface area contributed by atoms with Crippen molar-refractivity contribution in [3.8, 4) is 0 Å². The van der Waals surface area contributed by atoms with Gasteiger partial charge in [0, 0.05) is 12.2 Å². The number of nitrogens with one attached hydrogen (secondary N) is 1. The third-order valence-electron chi connectivity index (χ3n) is 1.68. The van der Waals surface area contributed by atoms with E-state index in [1.807, 2.05) is 30.3 Å². The molecule has 0 spiro atoms. The van der Waals surface area contributed by atoms with Gasteiger partial charge in [0.05, 0.1) is 5.75 Å². The Bertz CT molecular complexity index is 363. The predicted octanol–water partition coefficient (Wildman–Crippen LogP) is 0.552. The van der Waals surface area contributed by atoms with Gasteiger partial charge in [0.15, 0.2) is 0 Å². The van der Waals surface area contributed by atoms with Gasteiger partial charge >= 0.3 is 0 Å². The van der Waals surface area contributed by atoms with Crippen LogP contribution < -0.4 is 5.32 Å². The Kier molecular flexibility index (Phi) is 5.92. The second kappa shape index (κ2) is 6.39. The van der Waals surface area contributed by atoms with Crippen LogP contribution in [0.5, 0.6) is 0 Å². The second-order valence-corrected chi connectivity index (χ2v) is 4.50. The second-order valence-electron chi connectivity index (χ2n) is 2.93. The van der Waals surface area contributed by atoms with Crippen LogP contribution in [0.15, 0.2) is 30.3 Å². The average Bonchev–Trinajstić information content (AvgIpc) is 2.13. The van der Waals surface area contributed by atoms with E-state index in [1.165, 1.54) is 0 Å². The molecule has 0 bridgehead atoms. The zero-order valence-corrected chi connectivity index (χ0v) is 9.00. The number of hydrogen-bond acceptors (Lipinski definition) is 3. The lowest BCUT2D eigenvalue weighted by Gasteiger charge is -2.04. The summed E-state index contributed by atoms with van der Waals surface area (Å²) in [6.07, 6.45) is 0.397. The molecule has 4 N–H and O–H groups in total. The average molecular weight is 233 g/mol. The van der Waals surface area contributed by atoms with Gasteiger partial charge in [-0.1, -0.05) is 18.2 Å². The Morgan fingerprint density at radius 3 is 2.33 bits per heavy atom. The van der Waals surface area contributed by atoms with E-state index in [-0.39, 0.29) is 11.2 Å². The fourth-order valence-electron chi connectivity index (χ4n) is 1.04. The maximum atomic E-state index is 10.4. The topological polar surface area (TPSA) is 97.9 Å². The van der Waals surface area contributed by atoms with E-state index in [2.05, 4.69) is 5.32 Å². The minimum Gasteiger partial charge on any atom is -0.412 e. The molecule has 86 valence electrons. The molecule has 0 heterocycles. The Morgan fingerprint density at radius 1 is 1.20 bits per heavy atom. The summed E-state index contributed by atoms with van der Waals surface area (Å²) in [5.74, 6) is -0.202. The van der Waals surface area contributed by atoms with Crippen LogP contribution in [0.4, 0.5) is 5.69 Å². The van der Waals surface area contributed by atoms with Gasteiger partial charge in [-0.25, -0.2) is 0 Å². The van der Waals surface area contributed by atoms with E-state index < -0.39 is 10.1 Å². The number of hydrogen-bond donors (Lipinski definition) is 2. The third kappa shape index (κ3) is 6.89. The van der Waals surface area contributed by atoms with E-state index >= 15 is 0 Å². The van der Waals surface area contributed by atoms with Crippen molar-refractivity contribution >= 4 is 15.8 Å². The van der Waals surface area contributed by atoms with Crippen LogP contribution in [0.2, 0.25) is 0 Å². The lowest BCUT2D eigenvalue weighted by molar-refractivity contribution is 0.481. The van der Waals surface area contributed by atoms with Crippen molar-refractivity contribution in [1.82, 2.24) is 0 Å². The molecule has 6 heteroatoms. The summed E-state index contributed by atoms with van der Waals surface area (Å²) in [7, 11) is -3.82. The number of para-hydroxylation sites is 1. The normalized spacial score (nSPS) is 10.5. The molecule has 1 aromatic rings. The largest absolute Gasteiger partial charge is 0.412 e. The van der Waals surface area contributed by atoms with Crippen molar-refractivity contribution in [1.29, 1.82) is 0 Å². The zero-order valence-electron chi connectivity index (χ0n) is 8.18. The minimum atomic E-state index is -3.82. The van der Waals surface area contributed by atoms with Gasteiger partial charge in [0.2, 0.25) is 0 Å². The van der Waals surface area contributed by atoms with Crippen LogP contribution in [-0.4, -0.2) is 30.7 Å². The van der Waals surface area contributed by atoms with Crippen LogP contribution in [0.1, 0.15) is 6.42 Å². The third-order valence-corrected chi connectivity index (χ3v) is 2.49. The van der Waals surface area contributed by atoms with Gasteiger partial charge in [-0.15, -0.1) is 0 Å². The molecule has 0 aliphatic rings. The quantitative estimate of drug-likeness (QED) is 0.573. The maximum absolute atomic E-state index is 10.4. The van der Waals surface area contributed by atoms with Crippen molar-refractivity contribution < 1.29 is 18.4 Å². The van der Waals surface area contributed by atoms with Crippen LogP contribution in [0, 0.1) is 0 Å². The number of anilines is 1. The smallest absolute Gasteiger partial charge is 0.264 e. The monoisotopic (exact) mass is 233 g/mol. The molecule has 0 aliphatic carbocycles. The van der Waals surface area contributed by atoms with Crippen molar-refractivity contribution in [2.24, 2.45) is 0 Å². The summed E-state index contributed by atoms with van der Waals surface area (Å²) in [6.45, 7) is 0.532. The molecule has 0 atom stereocenters. The van der Waals surface area contributed by atoms with Crippen molar-refractivity contribution in [3.05, 3.63) is 30.3 Å². The first kappa shape index (κ1) is 13.9. The highest BCUT2D eigenvalue weighted by Crippen LogP contribution is 2.04. The molecule has 0 aromatic heterocycles. The summed E-state index contributed by atoms with van der Waals surface area (Å²) < 4.78 is 29.2. The molecular weight excluding hydrogens is 218 g/mol. The minimum absolute atomic E-state index is 0. The van der Waals surface area contributed by atoms with E-state index in [0.717, 1.165) is 5.69 Å². The lowest BCUT2D eigenvalue weighted by Crippen LogP contribution is -2.09. The Morgan fingerprint density at radius 2 is 1.80 bits per heavy atom. The SMILES string of the molecule is O.O=S(=O)(O)CCCNc1ccccc1. The van der Waals surface area contributed by atoms with Gasteiger partial charge in [-0.3, -0.25) is 4.55 Å². The van der Waals surface area contributed by atoms with Crippen LogP contribution >= 0.6 is 0 Å². The fraction of sp³-hybridized carbons (Fsp3) is 0.333. The molecule has 15 heavy (non-hydrogen) atoms. The Hall–Kier alpha value is -1.11. The molecule has 0 saturated carbocycles. The summed E-state index contributed by atoms with van der Waals surface area (Å²) in [6, 6.07) is 9.49. The molecule has 0 saturated heterocycles. The van der Waals surface area contributed by atoms with Gasteiger partial charge in [0.1, 0.15) is 0 Å². The van der Waals surface area contributed by atoms with Crippen LogP contribution in [0.3, 0.4) is 0 Å². The molecule has 0 unspecified atom stereocenters. The van der Waals surface area contributed by atoms with Crippen LogP contribution in [0.25, 0.3) is 0 Å². The van der Waals surface area contributed by atoms with Gasteiger partial charge in [0.25, 0.3) is 10.1 Å². The lowest BCUT2D eigenvalue weighted by atomic mass is 10.3. The van der Waals surface area contributed by atoms with E-state index in [0.29, 0.717) is 13.0 Å². The molecule has 0 radical (unpaired) electrons. The van der Waals surface area contributed by atoms with E-state index in [1.54, 1.807) is 0 Å². The standard InChI is InChI=1S/C9H13NO3S.H2O/c11-14(12,13)8-4-7-10-9-5-2-1-3-6-9;/h1-3,5-6,10H,4,7-8H2,(H,11,12,13);1H2. The van der Waals surface area contributed by atoms with E-state index in [4.69, 9.17) is 4.55 Å². The summed E-state index contributed by atoms with van der Waals surface area (Å²) in [4.78, 5) is 0. The molecule has 0 aliphatic heterocycles. The fourth-order valence-corrected chi connectivity index (χ4v) is 1.55. The Balaban J connectivity index is 0.00000196. The number of benzene rings is 1. The highest BCUT2D eigenvalue weighted by atomic mass is 32.2. The van der Waals surface area contributed by atoms with E-state index in [9.17, 15) is 8.42 Å². The summed E-state index contributed by atoms with van der Waals surface area (Å²) in [5.41, 5.74) is 0.947. The molecular formula is C9H15NO4S. The number of rotatable bonds is 5. The Labute approximate surface area is 89.2 Å². The van der Waals surface area contributed by atoms with Gasteiger partial charge in [-0.2, -0.15) is 8.42 Å². The van der Waals surface area contributed by atoms with Gasteiger partial charge < -0.3 is 10.8 Å². The van der Waals surface area contributed by atoms with Crippen molar-refractivity contribution in [2.75, 3.05) is 17.6 Å². The van der Waals surface area contributed by atoms with Gasteiger partial charge in [-0.05, 0) is 18.6 Å².